The highest BCUT2D eigenvalue weighted by atomic mass is 35.5. The van der Waals surface area contributed by atoms with Gasteiger partial charge in [-0.05, 0) is 29.8 Å². The van der Waals surface area contributed by atoms with Crippen LogP contribution in [0.1, 0.15) is 11.6 Å². The molecule has 8 heteroatoms. The summed E-state index contributed by atoms with van der Waals surface area (Å²) in [6.07, 6.45) is 0. The van der Waals surface area contributed by atoms with Crippen LogP contribution >= 0.6 is 11.6 Å². The summed E-state index contributed by atoms with van der Waals surface area (Å²) in [6, 6.07) is 11.6. The highest BCUT2D eigenvalue weighted by Gasteiger charge is 2.35. The number of methoxy groups -OCH3 is 2. The molecule has 0 radical (unpaired) electrons. The quantitative estimate of drug-likeness (QED) is 0.841. The standard InChI is InChI=1S/C18H21ClN2O4S/c1-24-17-7-6-15(11-18(17)25-2)26(22,23)21-9-8-20-12-16(21)13-4-3-5-14(19)10-13/h3-7,10-11,16,20H,8-9,12H2,1-2H3. The van der Waals surface area contributed by atoms with Gasteiger partial charge in [0.05, 0.1) is 25.2 Å². The first-order valence-corrected chi connectivity index (χ1v) is 9.99. The lowest BCUT2D eigenvalue weighted by Crippen LogP contribution is -2.48. The summed E-state index contributed by atoms with van der Waals surface area (Å²) in [4.78, 5) is 0.170. The molecule has 1 unspecified atom stereocenters. The van der Waals surface area contributed by atoms with Crippen molar-refractivity contribution < 1.29 is 17.9 Å². The van der Waals surface area contributed by atoms with Crippen LogP contribution in [0.15, 0.2) is 47.4 Å². The van der Waals surface area contributed by atoms with Crippen LogP contribution < -0.4 is 14.8 Å². The van der Waals surface area contributed by atoms with E-state index in [1.54, 1.807) is 18.2 Å². The van der Waals surface area contributed by atoms with Gasteiger partial charge in [-0.2, -0.15) is 4.31 Å². The molecule has 2 aromatic carbocycles. The van der Waals surface area contributed by atoms with Crippen molar-refractivity contribution in [3.8, 4) is 11.5 Å². The average Bonchev–Trinajstić information content (AvgIpc) is 2.67. The number of nitrogens with zero attached hydrogens (tertiary/aromatic N) is 1. The van der Waals surface area contributed by atoms with E-state index in [0.717, 1.165) is 5.56 Å². The zero-order valence-corrected chi connectivity index (χ0v) is 16.2. The number of rotatable bonds is 5. The normalized spacial score (nSPS) is 18.5. The molecule has 1 heterocycles. The van der Waals surface area contributed by atoms with Gasteiger partial charge in [0.15, 0.2) is 11.5 Å². The largest absolute Gasteiger partial charge is 0.493 e. The van der Waals surface area contributed by atoms with E-state index in [9.17, 15) is 8.42 Å². The molecule has 0 saturated carbocycles. The summed E-state index contributed by atoms with van der Waals surface area (Å²) < 4.78 is 38.5. The predicted octanol–water partition coefficient (Wildman–Crippen LogP) is 2.69. The lowest BCUT2D eigenvalue weighted by molar-refractivity contribution is 0.271. The van der Waals surface area contributed by atoms with Gasteiger partial charge in [0.25, 0.3) is 0 Å². The van der Waals surface area contributed by atoms with Crippen LogP contribution in [-0.4, -0.2) is 46.6 Å². The average molecular weight is 397 g/mol. The molecule has 0 aromatic heterocycles. The van der Waals surface area contributed by atoms with Crippen molar-refractivity contribution in [1.82, 2.24) is 9.62 Å². The fourth-order valence-electron chi connectivity index (χ4n) is 3.08. The monoisotopic (exact) mass is 396 g/mol. The van der Waals surface area contributed by atoms with E-state index in [4.69, 9.17) is 21.1 Å². The number of halogens is 1. The van der Waals surface area contributed by atoms with Crippen LogP contribution in [0.5, 0.6) is 11.5 Å². The summed E-state index contributed by atoms with van der Waals surface area (Å²) in [7, 11) is -0.724. The fraction of sp³-hybridized carbons (Fsp3) is 0.333. The molecule has 3 rings (SSSR count). The first-order valence-electron chi connectivity index (χ1n) is 8.17. The second-order valence-electron chi connectivity index (χ2n) is 5.91. The Morgan fingerprint density at radius 2 is 1.88 bits per heavy atom. The fourth-order valence-corrected chi connectivity index (χ4v) is 4.91. The third-order valence-corrected chi connectivity index (χ3v) is 6.53. The molecule has 1 aliphatic rings. The summed E-state index contributed by atoms with van der Waals surface area (Å²) in [5, 5.41) is 3.83. The molecule has 6 nitrogen and oxygen atoms in total. The predicted molar refractivity (Wildman–Crippen MR) is 101 cm³/mol. The smallest absolute Gasteiger partial charge is 0.243 e. The first-order chi connectivity index (χ1) is 12.5. The van der Waals surface area contributed by atoms with E-state index >= 15 is 0 Å². The Labute approximate surface area is 158 Å². The Bertz CT molecular complexity index is 889. The molecule has 0 aliphatic carbocycles. The molecule has 0 bridgehead atoms. The maximum atomic E-state index is 13.3. The highest BCUT2D eigenvalue weighted by Crippen LogP contribution is 2.34. The van der Waals surface area contributed by atoms with E-state index < -0.39 is 10.0 Å². The second-order valence-corrected chi connectivity index (χ2v) is 8.23. The maximum absolute atomic E-state index is 13.3. The molecule has 1 N–H and O–H groups in total. The van der Waals surface area contributed by atoms with Crippen molar-refractivity contribution in [3.63, 3.8) is 0 Å². The van der Waals surface area contributed by atoms with Crippen molar-refractivity contribution in [2.24, 2.45) is 0 Å². The van der Waals surface area contributed by atoms with Crippen molar-refractivity contribution in [2.45, 2.75) is 10.9 Å². The number of hydrogen-bond acceptors (Lipinski definition) is 5. The van der Waals surface area contributed by atoms with Crippen molar-refractivity contribution >= 4 is 21.6 Å². The highest BCUT2D eigenvalue weighted by molar-refractivity contribution is 7.89. The molecule has 2 aromatic rings. The third-order valence-electron chi connectivity index (χ3n) is 4.39. The van der Waals surface area contributed by atoms with Crippen molar-refractivity contribution in [2.75, 3.05) is 33.9 Å². The van der Waals surface area contributed by atoms with E-state index in [-0.39, 0.29) is 10.9 Å². The van der Waals surface area contributed by atoms with Gasteiger partial charge in [-0.25, -0.2) is 8.42 Å². The van der Waals surface area contributed by atoms with Gasteiger partial charge < -0.3 is 14.8 Å². The molecule has 1 saturated heterocycles. The van der Waals surface area contributed by atoms with Crippen molar-refractivity contribution in [1.29, 1.82) is 0 Å². The van der Waals surface area contributed by atoms with Gasteiger partial charge in [0, 0.05) is 30.7 Å². The molecular weight excluding hydrogens is 376 g/mol. The summed E-state index contributed by atoms with van der Waals surface area (Å²) in [5.41, 5.74) is 0.855. The Kier molecular flexibility index (Phi) is 5.72. The zero-order chi connectivity index (χ0) is 18.7. The Morgan fingerprint density at radius 1 is 1.12 bits per heavy atom. The Morgan fingerprint density at radius 3 is 2.58 bits per heavy atom. The summed E-state index contributed by atoms with van der Waals surface area (Å²) >= 11 is 6.10. The van der Waals surface area contributed by atoms with Gasteiger partial charge in [-0.3, -0.25) is 0 Å². The van der Waals surface area contributed by atoms with Crippen LogP contribution in [0.4, 0.5) is 0 Å². The van der Waals surface area contributed by atoms with Crippen LogP contribution in [0.25, 0.3) is 0 Å². The number of ether oxygens (including phenoxy) is 2. The van der Waals surface area contributed by atoms with E-state index in [0.29, 0.717) is 36.2 Å². The van der Waals surface area contributed by atoms with Gasteiger partial charge in [0.2, 0.25) is 10.0 Å². The number of piperazine rings is 1. The molecule has 0 amide bonds. The SMILES string of the molecule is COc1ccc(S(=O)(=O)N2CCNCC2c2cccc(Cl)c2)cc1OC. The number of benzene rings is 2. The molecule has 140 valence electrons. The first kappa shape index (κ1) is 19.0. The topological polar surface area (TPSA) is 67.9 Å². The molecule has 1 atom stereocenters. The lowest BCUT2D eigenvalue weighted by atomic mass is 10.1. The van der Waals surface area contributed by atoms with Crippen LogP contribution in [0.3, 0.4) is 0 Å². The van der Waals surface area contributed by atoms with E-state index in [2.05, 4.69) is 5.32 Å². The summed E-state index contributed by atoms with van der Waals surface area (Å²) in [5.74, 6) is 0.862. The Hall–Kier alpha value is -1.80. The van der Waals surface area contributed by atoms with Gasteiger partial charge >= 0.3 is 0 Å². The minimum Gasteiger partial charge on any atom is -0.493 e. The molecule has 0 spiro atoms. The molecule has 26 heavy (non-hydrogen) atoms. The van der Waals surface area contributed by atoms with Gasteiger partial charge in [0.1, 0.15) is 0 Å². The van der Waals surface area contributed by atoms with Gasteiger partial charge in [-0.1, -0.05) is 23.7 Å². The van der Waals surface area contributed by atoms with Crippen molar-refractivity contribution in [3.05, 3.63) is 53.1 Å². The Balaban J connectivity index is 2.01. The van der Waals surface area contributed by atoms with E-state index in [1.165, 1.54) is 30.7 Å². The minimum atomic E-state index is -3.72. The molecule has 1 fully saturated rings. The van der Waals surface area contributed by atoms with Gasteiger partial charge in [-0.15, -0.1) is 0 Å². The third kappa shape index (κ3) is 3.66. The summed E-state index contributed by atoms with van der Waals surface area (Å²) in [6.45, 7) is 1.48. The zero-order valence-electron chi connectivity index (χ0n) is 14.6. The van der Waals surface area contributed by atoms with Crippen LogP contribution in [0.2, 0.25) is 5.02 Å². The number of hydrogen-bond donors (Lipinski definition) is 1. The molecular formula is C18H21ClN2O4S. The second kappa shape index (κ2) is 7.84. The number of sulfonamides is 1. The minimum absolute atomic E-state index is 0.170. The van der Waals surface area contributed by atoms with E-state index in [1.807, 2.05) is 12.1 Å². The van der Waals surface area contributed by atoms with Crippen LogP contribution in [0, 0.1) is 0 Å². The maximum Gasteiger partial charge on any atom is 0.243 e. The molecule has 1 aliphatic heterocycles. The number of nitrogens with one attached hydrogen (secondary N) is 1. The lowest BCUT2D eigenvalue weighted by Gasteiger charge is -2.35. The van der Waals surface area contributed by atoms with Crippen LogP contribution in [-0.2, 0) is 10.0 Å².